The van der Waals surface area contributed by atoms with Gasteiger partial charge in [0.1, 0.15) is 6.61 Å². The highest BCUT2D eigenvalue weighted by Crippen LogP contribution is 2.37. The van der Waals surface area contributed by atoms with Crippen molar-refractivity contribution in [3.63, 3.8) is 0 Å². The zero-order chi connectivity index (χ0) is 31.0. The topological polar surface area (TPSA) is 91.3 Å². The molecule has 43 heavy (non-hydrogen) atoms. The second-order valence-corrected chi connectivity index (χ2v) is 12.6. The fourth-order valence-corrected chi connectivity index (χ4v) is 5.52. The van der Waals surface area contributed by atoms with Crippen molar-refractivity contribution in [2.24, 2.45) is 17.8 Å². The summed E-state index contributed by atoms with van der Waals surface area (Å²) < 4.78 is 22.7. The van der Waals surface area contributed by atoms with E-state index >= 15 is 0 Å². The number of aliphatic hydroxyl groups excluding tert-OH is 1. The molecule has 1 N–H and O–H groups in total. The van der Waals surface area contributed by atoms with Gasteiger partial charge in [-0.1, -0.05) is 63.3 Å². The van der Waals surface area contributed by atoms with E-state index in [2.05, 4.69) is 39.5 Å². The van der Waals surface area contributed by atoms with Crippen molar-refractivity contribution in [3.05, 3.63) is 70.8 Å². The second-order valence-electron chi connectivity index (χ2n) is 12.6. The highest BCUT2D eigenvalue weighted by atomic mass is 16.7. The molecule has 2 heterocycles. The average Bonchev–Trinajstić information content (AvgIpc) is 3.52. The smallest absolute Gasteiger partial charge is 0.334 e. The number of benzene rings is 2. The molecule has 2 atom stereocenters. The summed E-state index contributed by atoms with van der Waals surface area (Å²) >= 11 is 0. The summed E-state index contributed by atoms with van der Waals surface area (Å²) in [7, 11) is 0. The molecular formula is C36H44O7. The van der Waals surface area contributed by atoms with Gasteiger partial charge in [-0.25, -0.2) is 4.79 Å². The molecule has 2 aromatic rings. The molecule has 2 aliphatic heterocycles. The van der Waals surface area contributed by atoms with Crippen LogP contribution in [0.5, 0.6) is 11.5 Å². The van der Waals surface area contributed by atoms with Crippen molar-refractivity contribution in [3.8, 4) is 23.3 Å². The largest absolute Gasteiger partial charge is 0.461 e. The molecule has 0 bridgehead atoms. The number of hydrogen-bond donors (Lipinski definition) is 1. The molecule has 1 fully saturated rings. The monoisotopic (exact) mass is 588 g/mol. The molecule has 1 unspecified atom stereocenters. The van der Waals surface area contributed by atoms with Gasteiger partial charge in [-0.05, 0) is 74.3 Å². The number of ether oxygens (including phenoxy) is 4. The number of aliphatic hydroxyl groups is 1. The van der Waals surface area contributed by atoms with E-state index in [0.29, 0.717) is 34.8 Å². The molecule has 2 aromatic carbocycles. The maximum atomic E-state index is 12.6. The lowest BCUT2D eigenvalue weighted by Crippen LogP contribution is -2.39. The fourth-order valence-electron chi connectivity index (χ4n) is 5.52. The number of esters is 2. The van der Waals surface area contributed by atoms with Gasteiger partial charge in [-0.3, -0.25) is 4.79 Å². The quantitative estimate of drug-likeness (QED) is 0.172. The number of carbonyl (C=O) groups is 2. The molecule has 0 amide bonds. The molecule has 0 radical (unpaired) electrons. The molecular weight excluding hydrogens is 544 g/mol. The number of cyclic esters (lactones) is 1. The van der Waals surface area contributed by atoms with E-state index in [1.54, 1.807) is 0 Å². The number of hydrogen-bond acceptors (Lipinski definition) is 7. The standard InChI is InChI=1S/C36H44O7/c1-24(2)18-29(19-25(3)4)12-14-30-21-36(22-37,43-35(30)39)23-40-33(38)16-17-34-41-31-15-13-28(20-32(31)42-34)11-10-27-8-6-26(5)7-9-27/h6-9,13-15,20,24-25,29,34,37H,12,16-19,21-23H2,1-5H3/b30-14+/t34?,36-/m1/s1. The third kappa shape index (κ3) is 9.36. The van der Waals surface area contributed by atoms with Crippen LogP contribution in [0, 0.1) is 36.5 Å². The lowest BCUT2D eigenvalue weighted by atomic mass is 9.86. The lowest BCUT2D eigenvalue weighted by molar-refractivity contribution is -0.166. The van der Waals surface area contributed by atoms with Gasteiger partial charge in [0.25, 0.3) is 0 Å². The third-order valence-electron chi connectivity index (χ3n) is 7.62. The summed E-state index contributed by atoms with van der Waals surface area (Å²) in [4.78, 5) is 25.2. The molecule has 4 rings (SSSR count). The summed E-state index contributed by atoms with van der Waals surface area (Å²) in [5.41, 5.74) is 2.20. The van der Waals surface area contributed by atoms with Gasteiger partial charge >= 0.3 is 11.9 Å². The van der Waals surface area contributed by atoms with Crippen LogP contribution in [0.4, 0.5) is 0 Å². The van der Waals surface area contributed by atoms with E-state index in [9.17, 15) is 14.7 Å². The zero-order valence-corrected chi connectivity index (χ0v) is 26.0. The highest BCUT2D eigenvalue weighted by molar-refractivity contribution is 5.91. The Kier molecular flexibility index (Phi) is 10.9. The van der Waals surface area contributed by atoms with Crippen LogP contribution in [0.15, 0.2) is 54.1 Å². The minimum Gasteiger partial charge on any atom is -0.461 e. The SMILES string of the molecule is Cc1ccc(C#Cc2ccc3c(c2)OC(CCC(=O)OC[C@]2(CO)C/C(=C\CC(CC(C)C)CC(C)C)C(=O)O2)O3)cc1. The van der Waals surface area contributed by atoms with Gasteiger partial charge < -0.3 is 24.1 Å². The Labute approximate surface area is 255 Å². The lowest BCUT2D eigenvalue weighted by Gasteiger charge is -2.24. The van der Waals surface area contributed by atoms with Crippen molar-refractivity contribution in [1.82, 2.24) is 0 Å². The van der Waals surface area contributed by atoms with Crippen molar-refractivity contribution < 1.29 is 33.6 Å². The summed E-state index contributed by atoms with van der Waals surface area (Å²) in [5.74, 6) is 8.15. The van der Waals surface area contributed by atoms with E-state index in [4.69, 9.17) is 18.9 Å². The molecule has 0 spiro atoms. The molecule has 0 saturated carbocycles. The Morgan fingerprint density at radius 1 is 1.02 bits per heavy atom. The summed E-state index contributed by atoms with van der Waals surface area (Å²) in [6, 6.07) is 13.5. The van der Waals surface area contributed by atoms with E-state index in [-0.39, 0.29) is 25.9 Å². The minimum atomic E-state index is -1.25. The van der Waals surface area contributed by atoms with Crippen molar-refractivity contribution in [2.45, 2.75) is 85.0 Å². The van der Waals surface area contributed by atoms with E-state index in [1.165, 1.54) is 5.56 Å². The van der Waals surface area contributed by atoms with Crippen LogP contribution < -0.4 is 9.47 Å². The summed E-state index contributed by atoms with van der Waals surface area (Å²) in [6.07, 6.45) is 4.81. The fraction of sp³-hybridized carbons (Fsp3) is 0.500. The maximum Gasteiger partial charge on any atom is 0.334 e. The Morgan fingerprint density at radius 2 is 1.67 bits per heavy atom. The maximum absolute atomic E-state index is 12.6. The van der Waals surface area contributed by atoms with Gasteiger partial charge in [-0.2, -0.15) is 0 Å². The van der Waals surface area contributed by atoms with Crippen molar-refractivity contribution >= 4 is 11.9 Å². The Hall–Kier alpha value is -3.76. The molecule has 230 valence electrons. The summed E-state index contributed by atoms with van der Waals surface area (Å²) in [5, 5.41) is 10.1. The predicted octanol–water partition coefficient (Wildman–Crippen LogP) is 6.52. The van der Waals surface area contributed by atoms with Gasteiger partial charge in [0, 0.05) is 29.5 Å². The normalized spacial score (nSPS) is 20.1. The van der Waals surface area contributed by atoms with Crippen molar-refractivity contribution in [2.75, 3.05) is 13.2 Å². The Bertz CT molecular complexity index is 1350. The number of carbonyl (C=O) groups excluding carboxylic acids is 2. The first-order valence-electron chi connectivity index (χ1n) is 15.3. The van der Waals surface area contributed by atoms with Crippen LogP contribution in [0.1, 0.15) is 82.9 Å². The van der Waals surface area contributed by atoms with Crippen LogP contribution in [0.3, 0.4) is 0 Å². The molecule has 2 aliphatic rings. The first-order valence-corrected chi connectivity index (χ1v) is 15.3. The van der Waals surface area contributed by atoms with Crippen LogP contribution in [-0.2, 0) is 19.1 Å². The van der Waals surface area contributed by atoms with Crippen LogP contribution in [0.25, 0.3) is 0 Å². The Balaban J connectivity index is 1.25. The van der Waals surface area contributed by atoms with Crippen LogP contribution >= 0.6 is 0 Å². The second kappa shape index (κ2) is 14.6. The Morgan fingerprint density at radius 3 is 2.35 bits per heavy atom. The van der Waals surface area contributed by atoms with Gasteiger partial charge in [0.15, 0.2) is 17.1 Å². The highest BCUT2D eigenvalue weighted by Gasteiger charge is 2.44. The first-order chi connectivity index (χ1) is 20.5. The van der Waals surface area contributed by atoms with Crippen LogP contribution in [-0.4, -0.2) is 42.1 Å². The third-order valence-corrected chi connectivity index (χ3v) is 7.62. The minimum absolute atomic E-state index is 0.0446. The number of rotatable bonds is 12. The first kappa shape index (κ1) is 32.2. The zero-order valence-electron chi connectivity index (χ0n) is 26.0. The predicted molar refractivity (Wildman–Crippen MR) is 164 cm³/mol. The van der Waals surface area contributed by atoms with Gasteiger partial charge in [-0.15, -0.1) is 0 Å². The molecule has 7 heteroatoms. The van der Waals surface area contributed by atoms with E-state index < -0.39 is 30.4 Å². The van der Waals surface area contributed by atoms with E-state index in [1.807, 2.05) is 55.5 Å². The van der Waals surface area contributed by atoms with Gasteiger partial charge in [0.2, 0.25) is 6.29 Å². The average molecular weight is 589 g/mol. The van der Waals surface area contributed by atoms with Crippen molar-refractivity contribution in [1.29, 1.82) is 0 Å². The van der Waals surface area contributed by atoms with Gasteiger partial charge in [0.05, 0.1) is 13.0 Å². The number of aryl methyl sites for hydroxylation is 1. The number of allylic oxidation sites excluding steroid dienone is 1. The summed E-state index contributed by atoms with van der Waals surface area (Å²) in [6.45, 7) is 10.2. The molecule has 0 aromatic heterocycles. The molecule has 7 nitrogen and oxygen atoms in total. The number of fused-ring (bicyclic) bond motifs is 1. The molecule has 1 saturated heterocycles. The van der Waals surface area contributed by atoms with Crippen LogP contribution in [0.2, 0.25) is 0 Å². The van der Waals surface area contributed by atoms with E-state index in [0.717, 1.165) is 30.4 Å². The molecule has 0 aliphatic carbocycles.